The third-order valence-corrected chi connectivity index (χ3v) is 6.27. The fourth-order valence-corrected chi connectivity index (χ4v) is 4.43. The number of amides is 1. The van der Waals surface area contributed by atoms with Crippen LogP contribution in [0.3, 0.4) is 0 Å². The van der Waals surface area contributed by atoms with Crippen molar-refractivity contribution in [2.75, 3.05) is 26.6 Å². The molecular weight excluding hydrogens is 513 g/mol. The largest absolute Gasteiger partial charge is 0.493 e. The number of halogens is 1. The first-order valence-corrected chi connectivity index (χ1v) is 12.5. The van der Waals surface area contributed by atoms with Crippen LogP contribution in [-0.2, 0) is 11.3 Å². The summed E-state index contributed by atoms with van der Waals surface area (Å²) in [6, 6.07) is 19.3. The summed E-state index contributed by atoms with van der Waals surface area (Å²) in [4.78, 5) is 17.8. The van der Waals surface area contributed by atoms with Gasteiger partial charge in [-0.1, -0.05) is 24.3 Å². The molecule has 2 aromatic heterocycles. The first kappa shape index (κ1) is 26.5. The van der Waals surface area contributed by atoms with Crippen LogP contribution < -0.4 is 19.5 Å². The summed E-state index contributed by atoms with van der Waals surface area (Å²) >= 11 is 0. The zero-order chi connectivity index (χ0) is 28.2. The average Bonchev–Trinajstić information content (AvgIpc) is 3.51. The molecule has 40 heavy (non-hydrogen) atoms. The third kappa shape index (κ3) is 5.37. The summed E-state index contributed by atoms with van der Waals surface area (Å²) in [6.07, 6.45) is 3.06. The second-order valence-electron chi connectivity index (χ2n) is 8.98. The molecule has 1 amide bonds. The van der Waals surface area contributed by atoms with Crippen molar-refractivity contribution in [1.82, 2.24) is 19.3 Å². The van der Waals surface area contributed by atoms with Gasteiger partial charge in [-0.3, -0.25) is 4.79 Å². The standard InChI is InChI=1S/C30H28FN5O4/c1-19-15-27(33-28(37)14-11-21-16-25(38-2)29(40-4)26(17-21)39-3)36(34-19)30-32-23-7-5-6-8-24(23)35(30)18-20-9-12-22(31)13-10-20/h5-17H,18H2,1-4H3,(H,33,37). The molecule has 0 aliphatic rings. The van der Waals surface area contributed by atoms with Crippen LogP contribution in [-0.4, -0.2) is 46.6 Å². The lowest BCUT2D eigenvalue weighted by atomic mass is 10.1. The molecule has 0 saturated carbocycles. The second-order valence-corrected chi connectivity index (χ2v) is 8.98. The van der Waals surface area contributed by atoms with Gasteiger partial charge < -0.3 is 24.1 Å². The predicted octanol–water partition coefficient (Wildman–Crippen LogP) is 5.40. The number of nitrogens with one attached hydrogen (secondary N) is 1. The molecule has 204 valence electrons. The number of aromatic nitrogens is 4. The quantitative estimate of drug-likeness (QED) is 0.252. The molecule has 1 N–H and O–H groups in total. The Morgan fingerprint density at radius 2 is 1.68 bits per heavy atom. The van der Waals surface area contributed by atoms with E-state index in [9.17, 15) is 9.18 Å². The van der Waals surface area contributed by atoms with Gasteiger partial charge in [0.2, 0.25) is 17.6 Å². The summed E-state index contributed by atoms with van der Waals surface area (Å²) in [6.45, 7) is 2.27. The third-order valence-electron chi connectivity index (χ3n) is 6.27. The fraction of sp³-hybridized carbons (Fsp3) is 0.167. The lowest BCUT2D eigenvalue weighted by Crippen LogP contribution is -2.15. The Balaban J connectivity index is 1.46. The smallest absolute Gasteiger partial charge is 0.249 e. The van der Waals surface area contributed by atoms with Crippen LogP contribution in [0.2, 0.25) is 0 Å². The van der Waals surface area contributed by atoms with E-state index in [-0.39, 0.29) is 11.7 Å². The van der Waals surface area contributed by atoms with Crippen LogP contribution in [0.1, 0.15) is 16.8 Å². The fourth-order valence-electron chi connectivity index (χ4n) is 4.43. The molecule has 0 atom stereocenters. The van der Waals surface area contributed by atoms with Crippen molar-refractivity contribution >= 4 is 28.8 Å². The van der Waals surface area contributed by atoms with Gasteiger partial charge in [-0.2, -0.15) is 9.78 Å². The lowest BCUT2D eigenvalue weighted by Gasteiger charge is -2.13. The number of ether oxygens (including phenoxy) is 3. The normalized spacial score (nSPS) is 11.2. The van der Waals surface area contributed by atoms with Crippen molar-refractivity contribution in [2.45, 2.75) is 13.5 Å². The Bertz CT molecular complexity index is 1680. The van der Waals surface area contributed by atoms with Crippen LogP contribution in [0, 0.1) is 12.7 Å². The molecule has 0 saturated heterocycles. The molecule has 9 nitrogen and oxygen atoms in total. The van der Waals surface area contributed by atoms with Crippen molar-refractivity contribution in [3.63, 3.8) is 0 Å². The van der Waals surface area contributed by atoms with Gasteiger partial charge in [0.15, 0.2) is 11.5 Å². The van der Waals surface area contributed by atoms with Gasteiger partial charge in [0.05, 0.1) is 44.6 Å². The topological polar surface area (TPSA) is 92.4 Å². The average molecular weight is 542 g/mol. The molecule has 0 bridgehead atoms. The molecule has 3 aromatic carbocycles. The van der Waals surface area contributed by atoms with Crippen LogP contribution >= 0.6 is 0 Å². The van der Waals surface area contributed by atoms with E-state index in [0.717, 1.165) is 16.6 Å². The maximum atomic E-state index is 13.5. The molecule has 2 heterocycles. The van der Waals surface area contributed by atoms with Crippen LogP contribution in [0.25, 0.3) is 23.1 Å². The zero-order valence-corrected chi connectivity index (χ0v) is 22.5. The highest BCUT2D eigenvalue weighted by molar-refractivity contribution is 6.01. The van der Waals surface area contributed by atoms with Gasteiger partial charge in [0, 0.05) is 12.1 Å². The number of carbonyl (C=O) groups excluding carboxylic acids is 1. The summed E-state index contributed by atoms with van der Waals surface area (Å²) in [5.41, 5.74) is 3.94. The summed E-state index contributed by atoms with van der Waals surface area (Å²) < 4.78 is 33.3. The van der Waals surface area contributed by atoms with E-state index < -0.39 is 0 Å². The molecule has 0 unspecified atom stereocenters. The predicted molar refractivity (Wildman–Crippen MR) is 151 cm³/mol. The van der Waals surface area contributed by atoms with Crippen molar-refractivity contribution in [1.29, 1.82) is 0 Å². The number of hydrogen-bond acceptors (Lipinski definition) is 6. The van der Waals surface area contributed by atoms with Gasteiger partial charge in [0.1, 0.15) is 11.6 Å². The van der Waals surface area contributed by atoms with E-state index >= 15 is 0 Å². The van der Waals surface area contributed by atoms with Crippen LogP contribution in [0.4, 0.5) is 10.2 Å². The highest BCUT2D eigenvalue weighted by atomic mass is 19.1. The Labute approximate surface area is 230 Å². The Morgan fingerprint density at radius 1 is 0.975 bits per heavy atom. The van der Waals surface area contributed by atoms with E-state index in [4.69, 9.17) is 19.2 Å². The number of fused-ring (bicyclic) bond motifs is 1. The molecule has 10 heteroatoms. The van der Waals surface area contributed by atoms with Gasteiger partial charge in [-0.15, -0.1) is 0 Å². The summed E-state index contributed by atoms with van der Waals surface area (Å²) in [7, 11) is 4.59. The van der Waals surface area contributed by atoms with Gasteiger partial charge in [-0.05, 0) is 60.5 Å². The molecule has 0 spiro atoms. The molecular formula is C30H28FN5O4. The molecule has 0 aliphatic heterocycles. The number of nitrogens with zero attached hydrogens (tertiary/aromatic N) is 4. The van der Waals surface area contributed by atoms with E-state index in [2.05, 4.69) is 10.4 Å². The highest BCUT2D eigenvalue weighted by Gasteiger charge is 2.18. The molecule has 0 aliphatic carbocycles. The zero-order valence-electron chi connectivity index (χ0n) is 22.5. The minimum absolute atomic E-state index is 0.299. The number of rotatable bonds is 9. The molecule has 5 aromatic rings. The van der Waals surface area contributed by atoms with Crippen molar-refractivity contribution in [2.24, 2.45) is 0 Å². The molecule has 0 radical (unpaired) electrons. The highest BCUT2D eigenvalue weighted by Crippen LogP contribution is 2.38. The number of aryl methyl sites for hydroxylation is 1. The van der Waals surface area contributed by atoms with E-state index in [1.54, 1.807) is 41.1 Å². The maximum absolute atomic E-state index is 13.5. The second kappa shape index (κ2) is 11.3. The SMILES string of the molecule is COc1cc(C=CC(=O)Nc2cc(C)nn2-c2nc3ccccc3n2Cc2ccc(F)cc2)cc(OC)c1OC. The van der Waals surface area contributed by atoms with Gasteiger partial charge >= 0.3 is 0 Å². The summed E-state index contributed by atoms with van der Waals surface area (Å²) in [5.74, 6) is 1.74. The minimum Gasteiger partial charge on any atom is -0.493 e. The monoisotopic (exact) mass is 541 g/mol. The van der Waals surface area contributed by atoms with E-state index in [0.29, 0.717) is 46.8 Å². The first-order valence-electron chi connectivity index (χ1n) is 12.5. The van der Waals surface area contributed by atoms with Crippen molar-refractivity contribution < 1.29 is 23.4 Å². The Kier molecular flexibility index (Phi) is 7.50. The molecule has 0 fully saturated rings. The number of carbonyl (C=O) groups is 1. The Hall–Kier alpha value is -5.12. The number of hydrogen-bond donors (Lipinski definition) is 1. The Morgan fingerprint density at radius 3 is 2.35 bits per heavy atom. The molecule has 5 rings (SSSR count). The number of methoxy groups -OCH3 is 3. The lowest BCUT2D eigenvalue weighted by molar-refractivity contribution is -0.111. The first-order chi connectivity index (χ1) is 19.4. The number of anilines is 1. The van der Waals surface area contributed by atoms with Crippen molar-refractivity contribution in [3.05, 3.63) is 95.4 Å². The maximum Gasteiger partial charge on any atom is 0.249 e. The van der Waals surface area contributed by atoms with Crippen LogP contribution in [0.15, 0.2) is 72.8 Å². The van der Waals surface area contributed by atoms with E-state index in [1.807, 2.05) is 35.8 Å². The summed E-state index contributed by atoms with van der Waals surface area (Å²) in [5, 5.41) is 7.52. The number of para-hydroxylation sites is 2. The van der Waals surface area contributed by atoms with Crippen molar-refractivity contribution in [3.8, 4) is 23.2 Å². The van der Waals surface area contributed by atoms with E-state index in [1.165, 1.54) is 39.5 Å². The van der Waals surface area contributed by atoms with Gasteiger partial charge in [-0.25, -0.2) is 9.37 Å². The minimum atomic E-state index is -0.365. The number of benzene rings is 3. The van der Waals surface area contributed by atoms with Gasteiger partial charge in [0.25, 0.3) is 0 Å². The number of imidazole rings is 1. The van der Waals surface area contributed by atoms with Crippen LogP contribution in [0.5, 0.6) is 17.2 Å².